The summed E-state index contributed by atoms with van der Waals surface area (Å²) in [4.78, 5) is 37.1. The summed E-state index contributed by atoms with van der Waals surface area (Å²) in [7, 11) is 0. The van der Waals surface area contributed by atoms with Crippen molar-refractivity contribution < 1.29 is 24.5 Å². The van der Waals surface area contributed by atoms with Gasteiger partial charge in [-0.05, 0) is 54.5 Å². The van der Waals surface area contributed by atoms with Crippen LogP contribution in [0.5, 0.6) is 5.75 Å². The van der Waals surface area contributed by atoms with Crippen molar-refractivity contribution in [1.29, 1.82) is 0 Å². The average molecular weight is 487 g/mol. The lowest BCUT2D eigenvalue weighted by Gasteiger charge is -2.20. The van der Waals surface area contributed by atoms with E-state index in [1.165, 1.54) is 23.3 Å². The minimum atomic E-state index is -1.31. The smallest absolute Gasteiger partial charge is 0.322 e. The highest BCUT2D eigenvalue weighted by molar-refractivity contribution is 5.94. The lowest BCUT2D eigenvalue weighted by molar-refractivity contribution is -0.145. The maximum atomic E-state index is 11.9. The summed E-state index contributed by atoms with van der Waals surface area (Å²) >= 11 is 0. The second-order valence-electron chi connectivity index (χ2n) is 8.28. The molecule has 8 nitrogen and oxygen atoms in total. The number of hydrogen-bond acceptors (Lipinski definition) is 6. The molecule has 9 heteroatoms. The standard InChI is InChI=1S/C25H26N2O6.ClH/c28-20(14-26-17-7-5-15-3-1-2-4-16(15)6-8-17)18-9-11-21(33-24(32)13-23(30)31)25-19(18)10-12-22(29)27-25;/h1-4,9-12,17,20,26,28H,5-8,13-14H2,(H,27,29)(H,30,31);1H/t20-;/m0./s1. The zero-order valence-corrected chi connectivity index (χ0v) is 19.3. The molecule has 0 aliphatic heterocycles. The lowest BCUT2D eigenvalue weighted by Crippen LogP contribution is -2.33. The highest BCUT2D eigenvalue weighted by atomic mass is 35.5. The maximum absolute atomic E-state index is 11.9. The van der Waals surface area contributed by atoms with Gasteiger partial charge in [0.25, 0.3) is 0 Å². The van der Waals surface area contributed by atoms with Crippen LogP contribution in [-0.4, -0.2) is 39.7 Å². The van der Waals surface area contributed by atoms with Crippen LogP contribution >= 0.6 is 12.4 Å². The van der Waals surface area contributed by atoms with E-state index >= 15 is 0 Å². The molecule has 2 aromatic carbocycles. The van der Waals surface area contributed by atoms with E-state index in [9.17, 15) is 19.5 Å². The molecule has 0 radical (unpaired) electrons. The largest absolute Gasteiger partial charge is 0.481 e. The van der Waals surface area contributed by atoms with Crippen LogP contribution in [0.4, 0.5) is 0 Å². The fourth-order valence-electron chi connectivity index (χ4n) is 4.35. The van der Waals surface area contributed by atoms with Crippen molar-refractivity contribution in [3.05, 3.63) is 75.6 Å². The molecular weight excluding hydrogens is 460 g/mol. The van der Waals surface area contributed by atoms with Crippen molar-refractivity contribution in [2.45, 2.75) is 44.2 Å². The van der Waals surface area contributed by atoms with Crippen molar-refractivity contribution in [2.75, 3.05) is 6.54 Å². The number of carboxylic acids is 1. The van der Waals surface area contributed by atoms with Gasteiger partial charge in [0.05, 0.1) is 11.6 Å². The molecule has 34 heavy (non-hydrogen) atoms. The molecule has 3 aromatic rings. The van der Waals surface area contributed by atoms with E-state index in [1.807, 2.05) is 0 Å². The second kappa shape index (κ2) is 11.3. The number of aromatic nitrogens is 1. The Bertz CT molecular complexity index is 1210. The predicted octanol–water partition coefficient (Wildman–Crippen LogP) is 2.90. The van der Waals surface area contributed by atoms with Crippen LogP contribution in [0.1, 0.15) is 42.1 Å². The molecule has 0 saturated heterocycles. The first-order chi connectivity index (χ1) is 15.9. The SMILES string of the molecule is Cl.O=C(O)CC(=O)Oc1ccc([C@@H](O)CNC2CCc3ccccc3CC2)c2ccc(=O)[nH]c12. The van der Waals surface area contributed by atoms with Crippen molar-refractivity contribution in [2.24, 2.45) is 0 Å². The van der Waals surface area contributed by atoms with Gasteiger partial charge in [-0.15, -0.1) is 12.4 Å². The van der Waals surface area contributed by atoms with Gasteiger partial charge in [-0.1, -0.05) is 30.3 Å². The second-order valence-corrected chi connectivity index (χ2v) is 8.28. The van der Waals surface area contributed by atoms with Crippen molar-refractivity contribution in [3.8, 4) is 5.75 Å². The van der Waals surface area contributed by atoms with Crippen LogP contribution in [0.25, 0.3) is 10.9 Å². The lowest BCUT2D eigenvalue weighted by atomic mass is 10.0. The minimum absolute atomic E-state index is 0. The van der Waals surface area contributed by atoms with Crippen molar-refractivity contribution >= 4 is 35.2 Å². The Kier molecular flexibility index (Phi) is 8.44. The number of esters is 1. The number of pyridine rings is 1. The summed E-state index contributed by atoms with van der Waals surface area (Å²) < 4.78 is 5.14. The Hall–Kier alpha value is -3.20. The number of aromatic amines is 1. The molecule has 1 aromatic heterocycles. The van der Waals surface area contributed by atoms with E-state index in [4.69, 9.17) is 9.84 Å². The number of rotatable bonds is 7. The highest BCUT2D eigenvalue weighted by Crippen LogP contribution is 2.30. The summed E-state index contributed by atoms with van der Waals surface area (Å²) in [6.07, 6.45) is 2.30. The zero-order valence-electron chi connectivity index (χ0n) is 18.5. The van der Waals surface area contributed by atoms with Gasteiger partial charge in [0.2, 0.25) is 5.56 Å². The number of benzene rings is 2. The molecule has 1 heterocycles. The number of aryl methyl sites for hydroxylation is 2. The molecule has 180 valence electrons. The van der Waals surface area contributed by atoms with Crippen LogP contribution in [0.2, 0.25) is 0 Å². The molecule has 0 fully saturated rings. The third-order valence-corrected chi connectivity index (χ3v) is 6.01. The van der Waals surface area contributed by atoms with Gasteiger partial charge in [-0.2, -0.15) is 0 Å². The Morgan fingerprint density at radius 2 is 1.74 bits per heavy atom. The number of fused-ring (bicyclic) bond motifs is 2. The third-order valence-electron chi connectivity index (χ3n) is 6.01. The molecule has 0 amide bonds. The summed E-state index contributed by atoms with van der Waals surface area (Å²) in [5.41, 5.74) is 3.17. The van der Waals surface area contributed by atoms with E-state index in [0.717, 1.165) is 25.7 Å². The van der Waals surface area contributed by atoms with Crippen molar-refractivity contribution in [1.82, 2.24) is 10.3 Å². The Balaban J connectivity index is 0.00000324. The number of carbonyl (C=O) groups excluding carboxylic acids is 1. The van der Waals surface area contributed by atoms with Gasteiger partial charge in [0.1, 0.15) is 6.42 Å². The maximum Gasteiger partial charge on any atom is 0.322 e. The fourth-order valence-corrected chi connectivity index (χ4v) is 4.35. The van der Waals surface area contributed by atoms with Crippen LogP contribution in [0.15, 0.2) is 53.3 Å². The first-order valence-electron chi connectivity index (χ1n) is 11.0. The Morgan fingerprint density at radius 1 is 1.06 bits per heavy atom. The fraction of sp³-hybridized carbons (Fsp3) is 0.320. The van der Waals surface area contributed by atoms with Gasteiger partial charge in [-0.25, -0.2) is 0 Å². The number of ether oxygens (including phenoxy) is 1. The molecule has 0 unspecified atom stereocenters. The predicted molar refractivity (Wildman–Crippen MR) is 130 cm³/mol. The molecule has 1 aliphatic carbocycles. The normalized spacial score (nSPS) is 14.5. The first-order valence-corrected chi connectivity index (χ1v) is 11.0. The zero-order chi connectivity index (χ0) is 23.4. The number of aliphatic hydroxyl groups excluding tert-OH is 1. The van der Waals surface area contributed by atoms with E-state index < -0.39 is 30.0 Å². The van der Waals surface area contributed by atoms with Gasteiger partial charge in [0.15, 0.2) is 5.75 Å². The molecule has 0 saturated carbocycles. The van der Waals surface area contributed by atoms with Crippen LogP contribution < -0.4 is 15.6 Å². The number of aliphatic hydroxyl groups is 1. The summed E-state index contributed by atoms with van der Waals surface area (Å²) in [6.45, 7) is 0.327. The molecule has 0 bridgehead atoms. The van der Waals surface area contributed by atoms with Gasteiger partial charge in [0, 0.05) is 24.0 Å². The number of nitrogens with one attached hydrogen (secondary N) is 2. The van der Waals surface area contributed by atoms with Gasteiger partial charge in [-0.3, -0.25) is 14.4 Å². The van der Waals surface area contributed by atoms with E-state index in [2.05, 4.69) is 34.6 Å². The third kappa shape index (κ3) is 6.02. The molecular formula is C25H27ClN2O6. The Labute approximate surface area is 202 Å². The summed E-state index contributed by atoms with van der Waals surface area (Å²) in [6, 6.07) is 14.7. The number of carbonyl (C=O) groups is 2. The number of halogens is 1. The van der Waals surface area contributed by atoms with Crippen LogP contribution in [-0.2, 0) is 22.4 Å². The summed E-state index contributed by atoms with van der Waals surface area (Å²) in [5.74, 6) is -2.21. The molecule has 1 aliphatic rings. The van der Waals surface area contributed by atoms with Crippen LogP contribution in [0.3, 0.4) is 0 Å². The van der Waals surface area contributed by atoms with Crippen LogP contribution in [0, 0.1) is 0 Å². The quantitative estimate of drug-likeness (QED) is 0.175. The average Bonchev–Trinajstić information content (AvgIpc) is 2.99. The highest BCUT2D eigenvalue weighted by Gasteiger charge is 2.20. The number of carboxylic acid groups (broad SMARTS) is 1. The number of hydrogen-bond donors (Lipinski definition) is 4. The van der Waals surface area contributed by atoms with E-state index in [1.54, 1.807) is 12.1 Å². The molecule has 4 N–H and O–H groups in total. The first kappa shape index (κ1) is 25.4. The van der Waals surface area contributed by atoms with E-state index in [0.29, 0.717) is 17.5 Å². The monoisotopic (exact) mass is 486 g/mol. The topological polar surface area (TPSA) is 129 Å². The van der Waals surface area contributed by atoms with E-state index in [-0.39, 0.29) is 29.7 Å². The molecule has 1 atom stereocenters. The molecule has 0 spiro atoms. The number of H-pyrrole nitrogens is 1. The van der Waals surface area contributed by atoms with Gasteiger partial charge >= 0.3 is 11.9 Å². The number of aliphatic carboxylic acids is 1. The molecule has 4 rings (SSSR count). The Morgan fingerprint density at radius 3 is 2.38 bits per heavy atom. The summed E-state index contributed by atoms with van der Waals surface area (Å²) in [5, 5.41) is 23.7. The van der Waals surface area contributed by atoms with Crippen molar-refractivity contribution in [3.63, 3.8) is 0 Å². The van der Waals surface area contributed by atoms with Gasteiger partial charge < -0.3 is 25.3 Å². The minimum Gasteiger partial charge on any atom is -0.481 e.